The van der Waals surface area contributed by atoms with Crippen LogP contribution in [0.2, 0.25) is 13.1 Å². The predicted molar refractivity (Wildman–Crippen MR) is 81.3 cm³/mol. The van der Waals surface area contributed by atoms with E-state index in [4.69, 9.17) is 5.73 Å². The summed E-state index contributed by atoms with van der Waals surface area (Å²) in [6.45, 7) is 6.19. The molecule has 2 aromatic carbocycles. The summed E-state index contributed by atoms with van der Waals surface area (Å²) in [7, 11) is 1.08. The monoisotopic (exact) mass is 419 g/mol. The summed E-state index contributed by atoms with van der Waals surface area (Å²) >= 11 is 0. The molecule has 114 valence electrons. The van der Waals surface area contributed by atoms with Crippen molar-refractivity contribution >= 4 is 26.2 Å². The molecule has 1 N–H and O–H groups in total. The van der Waals surface area contributed by atoms with Crippen molar-refractivity contribution in [3.8, 4) is 0 Å². The van der Waals surface area contributed by atoms with Crippen LogP contribution in [0, 0.1) is 0 Å². The number of carbonyl (C=O) groups is 1. The average Bonchev–Trinajstić information content (AvgIpc) is 2.78. The fourth-order valence-electron chi connectivity index (χ4n) is 1.30. The van der Waals surface area contributed by atoms with Crippen LogP contribution < -0.4 is 24.8 Å². The SMILES string of the molecule is CCCC([NH-])=O.C[Si]C.[Cl-].[Cl-].[Zr+4].c1ccc2[cH-]ccc2c1. The van der Waals surface area contributed by atoms with E-state index in [2.05, 4.69) is 55.6 Å². The van der Waals surface area contributed by atoms with E-state index < -0.39 is 5.91 Å². The molecule has 0 heterocycles. The van der Waals surface area contributed by atoms with Crippen molar-refractivity contribution in [1.82, 2.24) is 0 Å². The fraction of sp³-hybridized carbons (Fsp3) is 0.333. The Balaban J connectivity index is -0.000000109. The van der Waals surface area contributed by atoms with Crippen LogP contribution in [-0.2, 0) is 31.0 Å². The molecule has 0 atom stereocenters. The first-order valence-corrected chi connectivity index (χ1v) is 8.09. The molecule has 1 amide bonds. The Morgan fingerprint density at radius 1 is 1.19 bits per heavy atom. The van der Waals surface area contributed by atoms with Gasteiger partial charge in [0.1, 0.15) is 0 Å². The maximum absolute atomic E-state index is 9.71. The van der Waals surface area contributed by atoms with Gasteiger partial charge in [-0.2, -0.15) is 17.5 Å². The van der Waals surface area contributed by atoms with Gasteiger partial charge in [0, 0.05) is 15.4 Å². The number of hydrogen-bond acceptors (Lipinski definition) is 1. The second-order valence-electron chi connectivity index (χ2n) is 3.83. The van der Waals surface area contributed by atoms with E-state index in [1.165, 1.54) is 10.8 Å². The summed E-state index contributed by atoms with van der Waals surface area (Å²) in [5, 5.41) is 2.66. The first kappa shape index (κ1) is 29.0. The molecule has 0 unspecified atom stereocenters. The Hall–Kier alpha value is -0.0200. The quantitative estimate of drug-likeness (QED) is 0.440. The number of halogens is 2. The second-order valence-corrected chi connectivity index (χ2v) is 4.83. The van der Waals surface area contributed by atoms with E-state index in [0.29, 0.717) is 6.42 Å². The van der Waals surface area contributed by atoms with Crippen LogP contribution in [0.3, 0.4) is 0 Å². The number of amides is 1. The maximum atomic E-state index is 9.71. The minimum absolute atomic E-state index is 0. The molecular formula is C15H21Cl2NOSiZr. The van der Waals surface area contributed by atoms with Gasteiger partial charge in [0.25, 0.3) is 0 Å². The first-order valence-electron chi connectivity index (χ1n) is 6.09. The van der Waals surface area contributed by atoms with E-state index in [-0.39, 0.29) is 51.0 Å². The molecule has 0 aliphatic carbocycles. The van der Waals surface area contributed by atoms with Gasteiger partial charge >= 0.3 is 26.2 Å². The normalized spacial score (nSPS) is 7.57. The molecule has 2 rings (SSSR count). The van der Waals surface area contributed by atoms with Crippen LogP contribution in [-0.4, -0.2) is 15.4 Å². The standard InChI is InChI=1S/C9H7.C4H9NO.C2H6Si.2ClH.Zr/c1-2-5-9-7-3-6-8(9)4-1;1-2-3-4(5)6;1-3-2;;;/h1-7H;2-3H2,1H3,(H2,5,6);1-2H3;2*1H;/q-1;;;;;+4/p-3. The molecule has 2 radical (unpaired) electrons. The van der Waals surface area contributed by atoms with Gasteiger partial charge in [-0.3, -0.25) is 0 Å². The number of rotatable bonds is 2. The molecule has 0 aliphatic heterocycles. The van der Waals surface area contributed by atoms with Crippen molar-refractivity contribution in [2.24, 2.45) is 0 Å². The van der Waals surface area contributed by atoms with Crippen LogP contribution in [0.4, 0.5) is 0 Å². The molecule has 0 spiro atoms. The maximum Gasteiger partial charge on any atom is 4.00 e. The Bertz CT molecular complexity index is 422. The summed E-state index contributed by atoms with van der Waals surface area (Å²) in [4.78, 5) is 9.71. The Labute approximate surface area is 162 Å². The summed E-state index contributed by atoms with van der Waals surface area (Å²) in [6.07, 6.45) is 1.20. The minimum Gasteiger partial charge on any atom is -1.00 e. The Morgan fingerprint density at radius 3 is 2.10 bits per heavy atom. The van der Waals surface area contributed by atoms with E-state index in [1.54, 1.807) is 0 Å². The fourth-order valence-corrected chi connectivity index (χ4v) is 1.30. The zero-order valence-corrected chi connectivity index (χ0v) is 17.6. The topological polar surface area (TPSA) is 40.9 Å². The molecule has 0 saturated carbocycles. The zero-order chi connectivity index (χ0) is 13.8. The largest absolute Gasteiger partial charge is 4.00 e. The number of benzene rings is 1. The molecule has 0 aromatic heterocycles. The number of fused-ring (bicyclic) bond motifs is 1. The molecule has 0 saturated heterocycles. The summed E-state index contributed by atoms with van der Waals surface area (Å²) in [6, 6.07) is 14.7. The molecule has 0 bridgehead atoms. The van der Waals surface area contributed by atoms with Gasteiger partial charge in [-0.05, 0) is 6.42 Å². The number of hydrogen-bond donors (Lipinski definition) is 0. The van der Waals surface area contributed by atoms with Crippen LogP contribution in [0.15, 0.2) is 42.5 Å². The smallest absolute Gasteiger partial charge is 1.00 e. The molecule has 0 fully saturated rings. The van der Waals surface area contributed by atoms with Crippen LogP contribution in [0.25, 0.3) is 16.5 Å². The number of nitrogens with one attached hydrogen (secondary N) is 1. The van der Waals surface area contributed by atoms with Crippen molar-refractivity contribution in [3.05, 3.63) is 48.2 Å². The van der Waals surface area contributed by atoms with Gasteiger partial charge in [0.15, 0.2) is 0 Å². The Kier molecular flexibility index (Phi) is 27.6. The van der Waals surface area contributed by atoms with Gasteiger partial charge in [-0.1, -0.05) is 32.5 Å². The zero-order valence-electron chi connectivity index (χ0n) is 12.6. The molecule has 2 aromatic rings. The van der Waals surface area contributed by atoms with Crippen molar-refractivity contribution in [1.29, 1.82) is 0 Å². The van der Waals surface area contributed by atoms with Gasteiger partial charge in [0.2, 0.25) is 0 Å². The van der Waals surface area contributed by atoms with E-state index in [0.717, 1.165) is 15.9 Å². The summed E-state index contributed by atoms with van der Waals surface area (Å²) in [5.74, 6) is -0.461. The molecule has 2 nitrogen and oxygen atoms in total. The number of carbonyl (C=O) groups excluding carboxylic acids is 1. The van der Waals surface area contributed by atoms with E-state index in [1.807, 2.05) is 6.92 Å². The molecule has 0 aliphatic rings. The third-order valence-corrected chi connectivity index (χ3v) is 2.02. The van der Waals surface area contributed by atoms with Crippen LogP contribution in [0.1, 0.15) is 19.8 Å². The van der Waals surface area contributed by atoms with Crippen molar-refractivity contribution < 1.29 is 55.8 Å². The third kappa shape index (κ3) is 16.2. The van der Waals surface area contributed by atoms with Crippen molar-refractivity contribution in [2.45, 2.75) is 32.9 Å². The van der Waals surface area contributed by atoms with Gasteiger partial charge < -0.3 is 35.3 Å². The van der Waals surface area contributed by atoms with Crippen LogP contribution in [0.5, 0.6) is 0 Å². The first-order chi connectivity index (χ1) is 8.65. The predicted octanol–water partition coefficient (Wildman–Crippen LogP) is -1.28. The minimum atomic E-state index is -0.461. The summed E-state index contributed by atoms with van der Waals surface area (Å²) < 4.78 is 0. The second kappa shape index (κ2) is 20.0. The molecular weight excluding hydrogens is 400 g/mol. The van der Waals surface area contributed by atoms with Gasteiger partial charge in [0.05, 0.1) is 0 Å². The van der Waals surface area contributed by atoms with Gasteiger partial charge in [-0.15, -0.1) is 29.7 Å². The molecule has 21 heavy (non-hydrogen) atoms. The van der Waals surface area contributed by atoms with Crippen LogP contribution >= 0.6 is 0 Å². The van der Waals surface area contributed by atoms with Crippen molar-refractivity contribution in [2.75, 3.05) is 0 Å². The Morgan fingerprint density at radius 2 is 1.71 bits per heavy atom. The third-order valence-electron chi connectivity index (χ3n) is 2.02. The van der Waals surface area contributed by atoms with Gasteiger partial charge in [-0.25, -0.2) is 0 Å². The summed E-state index contributed by atoms with van der Waals surface area (Å²) in [5.41, 5.74) is 6.34. The van der Waals surface area contributed by atoms with E-state index in [9.17, 15) is 4.79 Å². The average molecular weight is 422 g/mol. The van der Waals surface area contributed by atoms with Crippen molar-refractivity contribution in [3.63, 3.8) is 0 Å². The van der Waals surface area contributed by atoms with E-state index >= 15 is 0 Å². The molecule has 6 heteroatoms.